The van der Waals surface area contributed by atoms with Gasteiger partial charge in [0.1, 0.15) is 5.76 Å². The van der Waals surface area contributed by atoms with Crippen LogP contribution in [0.3, 0.4) is 0 Å². The molecule has 0 aliphatic heterocycles. The lowest BCUT2D eigenvalue weighted by Gasteiger charge is -2.23. The second-order valence-corrected chi connectivity index (χ2v) is 8.48. The van der Waals surface area contributed by atoms with Gasteiger partial charge in [0.25, 0.3) is 0 Å². The van der Waals surface area contributed by atoms with E-state index in [0.717, 1.165) is 31.2 Å². The van der Waals surface area contributed by atoms with Gasteiger partial charge >= 0.3 is 0 Å². The molecule has 1 aliphatic carbocycles. The van der Waals surface area contributed by atoms with Crippen LogP contribution in [0.4, 0.5) is 0 Å². The standard InChI is InChI=1S/C18H23NO4S/c1-18(20,12-16-7-4-10-23-16)13-19-24(21,22)17-9-8-14-5-2-3-6-15(14)11-17/h4,7-11,19-20H,2-3,5-6,12-13H2,1H3. The van der Waals surface area contributed by atoms with Gasteiger partial charge in [-0.25, -0.2) is 13.1 Å². The summed E-state index contributed by atoms with van der Waals surface area (Å²) in [5, 5.41) is 10.4. The maximum Gasteiger partial charge on any atom is 0.240 e. The number of sulfonamides is 1. The number of benzene rings is 1. The fourth-order valence-corrected chi connectivity index (χ4v) is 4.27. The SMILES string of the molecule is CC(O)(CNS(=O)(=O)c1ccc2c(c1)CCCC2)Cc1ccco1. The number of aryl methyl sites for hydroxylation is 2. The van der Waals surface area contributed by atoms with E-state index in [2.05, 4.69) is 4.72 Å². The molecule has 3 rings (SSSR count). The summed E-state index contributed by atoms with van der Waals surface area (Å²) in [5.41, 5.74) is 1.13. The normalized spacial score (nSPS) is 17.2. The number of rotatable bonds is 6. The van der Waals surface area contributed by atoms with Crippen LogP contribution >= 0.6 is 0 Å². The summed E-state index contributed by atoms with van der Waals surface area (Å²) in [6.45, 7) is 1.51. The first-order valence-electron chi connectivity index (χ1n) is 8.22. The monoisotopic (exact) mass is 349 g/mol. The summed E-state index contributed by atoms with van der Waals surface area (Å²) in [7, 11) is -3.65. The molecule has 1 atom stereocenters. The van der Waals surface area contributed by atoms with Gasteiger partial charge in [-0.3, -0.25) is 0 Å². The molecule has 0 spiro atoms. The third kappa shape index (κ3) is 4.06. The highest BCUT2D eigenvalue weighted by Gasteiger charge is 2.26. The molecule has 2 N–H and O–H groups in total. The minimum atomic E-state index is -3.65. The van der Waals surface area contributed by atoms with Gasteiger partial charge in [-0.2, -0.15) is 0 Å². The summed E-state index contributed by atoms with van der Waals surface area (Å²) in [4.78, 5) is 0.261. The van der Waals surface area contributed by atoms with Crippen LogP contribution in [0, 0.1) is 0 Å². The van der Waals surface area contributed by atoms with Crippen molar-refractivity contribution < 1.29 is 17.9 Å². The van der Waals surface area contributed by atoms with Gasteiger partial charge < -0.3 is 9.52 Å². The first-order chi connectivity index (χ1) is 11.4. The van der Waals surface area contributed by atoms with Crippen LogP contribution in [-0.4, -0.2) is 25.7 Å². The van der Waals surface area contributed by atoms with Crippen LogP contribution in [0.5, 0.6) is 0 Å². The summed E-state index contributed by atoms with van der Waals surface area (Å²) in [6.07, 6.45) is 5.97. The molecule has 0 saturated heterocycles. The summed E-state index contributed by atoms with van der Waals surface area (Å²) < 4.78 is 32.8. The fraction of sp³-hybridized carbons (Fsp3) is 0.444. The molecule has 0 fully saturated rings. The number of nitrogens with one attached hydrogen (secondary N) is 1. The first-order valence-corrected chi connectivity index (χ1v) is 9.70. The van der Waals surface area contributed by atoms with Crippen molar-refractivity contribution in [2.24, 2.45) is 0 Å². The second-order valence-electron chi connectivity index (χ2n) is 6.72. The van der Waals surface area contributed by atoms with E-state index in [1.807, 2.05) is 6.07 Å². The minimum absolute atomic E-state index is 0.0763. The van der Waals surface area contributed by atoms with Crippen molar-refractivity contribution >= 4 is 10.0 Å². The molecule has 1 unspecified atom stereocenters. The molecule has 1 aromatic heterocycles. The van der Waals surface area contributed by atoms with Crippen LogP contribution in [0.1, 0.15) is 36.7 Å². The quantitative estimate of drug-likeness (QED) is 0.839. The Labute approximate surface area is 142 Å². The third-order valence-corrected chi connectivity index (χ3v) is 5.81. The van der Waals surface area contributed by atoms with E-state index in [1.165, 1.54) is 11.8 Å². The molecular weight excluding hydrogens is 326 g/mol. The summed E-state index contributed by atoms with van der Waals surface area (Å²) >= 11 is 0. The molecule has 130 valence electrons. The number of hydrogen-bond acceptors (Lipinski definition) is 4. The van der Waals surface area contributed by atoms with E-state index in [0.29, 0.717) is 5.76 Å². The number of furan rings is 1. The second kappa shape index (κ2) is 6.70. The predicted octanol–water partition coefficient (Wildman–Crippen LogP) is 2.43. The molecule has 0 bridgehead atoms. The van der Waals surface area contributed by atoms with Gasteiger partial charge in [0, 0.05) is 13.0 Å². The van der Waals surface area contributed by atoms with Crippen LogP contribution < -0.4 is 4.72 Å². The largest absolute Gasteiger partial charge is 0.469 e. The molecule has 0 saturated carbocycles. The third-order valence-electron chi connectivity index (χ3n) is 4.41. The van der Waals surface area contributed by atoms with Gasteiger partial charge in [-0.05, 0) is 68.0 Å². The summed E-state index contributed by atoms with van der Waals surface area (Å²) in [5.74, 6) is 0.618. The van der Waals surface area contributed by atoms with E-state index in [1.54, 1.807) is 31.2 Å². The molecule has 1 heterocycles. The molecule has 2 aromatic rings. The molecule has 0 amide bonds. The molecule has 0 radical (unpaired) electrons. The van der Waals surface area contributed by atoms with Crippen molar-refractivity contribution in [2.75, 3.05) is 6.54 Å². The molecular formula is C18H23NO4S. The maximum atomic E-state index is 12.5. The lowest BCUT2D eigenvalue weighted by molar-refractivity contribution is 0.0603. The van der Waals surface area contributed by atoms with E-state index in [-0.39, 0.29) is 17.9 Å². The van der Waals surface area contributed by atoms with Crippen molar-refractivity contribution in [3.05, 3.63) is 53.5 Å². The first kappa shape index (κ1) is 17.2. The Hall–Kier alpha value is -1.63. The lowest BCUT2D eigenvalue weighted by Crippen LogP contribution is -2.42. The molecule has 1 aromatic carbocycles. The Morgan fingerprint density at radius 2 is 1.96 bits per heavy atom. The van der Waals surface area contributed by atoms with Gasteiger partial charge in [0.05, 0.1) is 16.8 Å². The molecule has 24 heavy (non-hydrogen) atoms. The maximum absolute atomic E-state index is 12.5. The van der Waals surface area contributed by atoms with Crippen molar-refractivity contribution in [1.82, 2.24) is 4.72 Å². The van der Waals surface area contributed by atoms with Crippen LogP contribution in [0.25, 0.3) is 0 Å². The van der Waals surface area contributed by atoms with E-state index < -0.39 is 15.6 Å². The summed E-state index contributed by atoms with van der Waals surface area (Å²) in [6, 6.07) is 8.81. The average Bonchev–Trinajstić information content (AvgIpc) is 3.05. The fourth-order valence-electron chi connectivity index (χ4n) is 3.06. The van der Waals surface area contributed by atoms with E-state index in [9.17, 15) is 13.5 Å². The Morgan fingerprint density at radius 1 is 1.21 bits per heavy atom. The lowest BCUT2D eigenvalue weighted by atomic mass is 9.92. The predicted molar refractivity (Wildman–Crippen MR) is 91.3 cm³/mol. The van der Waals surface area contributed by atoms with Gasteiger partial charge in [0.2, 0.25) is 10.0 Å². The van der Waals surface area contributed by atoms with Crippen molar-refractivity contribution in [3.63, 3.8) is 0 Å². The van der Waals surface area contributed by atoms with E-state index in [4.69, 9.17) is 4.42 Å². The Kier molecular flexibility index (Phi) is 4.80. The Balaban J connectivity index is 1.69. The Bertz CT molecular complexity index is 794. The van der Waals surface area contributed by atoms with Crippen LogP contribution in [0.15, 0.2) is 45.9 Å². The number of hydrogen-bond donors (Lipinski definition) is 2. The zero-order chi connectivity index (χ0) is 17.2. The van der Waals surface area contributed by atoms with Crippen LogP contribution in [0.2, 0.25) is 0 Å². The van der Waals surface area contributed by atoms with Gasteiger partial charge in [0.15, 0.2) is 0 Å². The molecule has 1 aliphatic rings. The highest BCUT2D eigenvalue weighted by atomic mass is 32.2. The smallest absolute Gasteiger partial charge is 0.240 e. The van der Waals surface area contributed by atoms with Gasteiger partial charge in [-0.15, -0.1) is 0 Å². The van der Waals surface area contributed by atoms with Crippen molar-refractivity contribution in [1.29, 1.82) is 0 Å². The molecule has 5 nitrogen and oxygen atoms in total. The average molecular weight is 349 g/mol. The van der Waals surface area contributed by atoms with Gasteiger partial charge in [-0.1, -0.05) is 6.07 Å². The van der Waals surface area contributed by atoms with Crippen molar-refractivity contribution in [2.45, 2.75) is 49.5 Å². The number of aliphatic hydroxyl groups is 1. The van der Waals surface area contributed by atoms with Crippen LogP contribution in [-0.2, 0) is 29.3 Å². The highest BCUT2D eigenvalue weighted by molar-refractivity contribution is 7.89. The Morgan fingerprint density at radius 3 is 2.67 bits per heavy atom. The van der Waals surface area contributed by atoms with Crippen molar-refractivity contribution in [3.8, 4) is 0 Å². The molecule has 6 heteroatoms. The number of fused-ring (bicyclic) bond motifs is 1. The topological polar surface area (TPSA) is 79.5 Å². The minimum Gasteiger partial charge on any atom is -0.469 e. The zero-order valence-corrected chi connectivity index (χ0v) is 14.6. The highest BCUT2D eigenvalue weighted by Crippen LogP contribution is 2.24. The van der Waals surface area contributed by atoms with E-state index >= 15 is 0 Å². The zero-order valence-electron chi connectivity index (χ0n) is 13.8.